The third kappa shape index (κ3) is 3.20. The van der Waals surface area contributed by atoms with Crippen molar-refractivity contribution in [3.8, 4) is 17.0 Å². The van der Waals surface area contributed by atoms with Crippen LogP contribution in [0.25, 0.3) is 22.3 Å². The quantitative estimate of drug-likeness (QED) is 0.776. The molecular weight excluding hydrogens is 316 g/mol. The van der Waals surface area contributed by atoms with Gasteiger partial charge in [0.25, 0.3) is 5.91 Å². The van der Waals surface area contributed by atoms with Crippen LogP contribution in [0.15, 0.2) is 36.5 Å². The molecule has 1 N–H and O–H groups in total. The average Bonchev–Trinajstić information content (AvgIpc) is 3.01. The predicted molar refractivity (Wildman–Crippen MR) is 97.7 cm³/mol. The molecule has 1 aromatic carbocycles. The number of ether oxygens (including phenoxy) is 1. The Morgan fingerprint density at radius 2 is 2.12 bits per heavy atom. The van der Waals surface area contributed by atoms with Crippen molar-refractivity contribution < 1.29 is 9.53 Å². The molecule has 0 spiro atoms. The second-order valence-electron chi connectivity index (χ2n) is 6.04. The molecule has 0 aliphatic carbocycles. The molecule has 0 aliphatic heterocycles. The summed E-state index contributed by atoms with van der Waals surface area (Å²) in [6.45, 7) is 4.03. The zero-order valence-corrected chi connectivity index (χ0v) is 14.9. The summed E-state index contributed by atoms with van der Waals surface area (Å²) in [5.41, 5.74) is 2.76. The van der Waals surface area contributed by atoms with Crippen LogP contribution in [0.4, 0.5) is 0 Å². The molecule has 130 valence electrons. The number of carbonyl (C=O) groups excluding carboxylic acids is 1. The molecule has 2 heterocycles. The molecule has 3 aromatic rings. The van der Waals surface area contributed by atoms with Crippen LogP contribution < -0.4 is 10.1 Å². The lowest BCUT2D eigenvalue weighted by molar-refractivity contribution is 0.0941. The maximum atomic E-state index is 12.8. The van der Waals surface area contributed by atoms with Gasteiger partial charge in [0.2, 0.25) is 0 Å². The van der Waals surface area contributed by atoms with Gasteiger partial charge in [-0.05, 0) is 31.5 Å². The minimum Gasteiger partial charge on any atom is -0.496 e. The zero-order chi connectivity index (χ0) is 18.0. The summed E-state index contributed by atoms with van der Waals surface area (Å²) < 4.78 is 7.12. The van der Waals surface area contributed by atoms with Gasteiger partial charge in [0.1, 0.15) is 5.75 Å². The van der Waals surface area contributed by atoms with E-state index < -0.39 is 0 Å². The number of nitrogens with one attached hydrogen (secondary N) is 1. The highest BCUT2D eigenvalue weighted by atomic mass is 16.5. The summed E-state index contributed by atoms with van der Waals surface area (Å²) in [6.07, 6.45) is 2.55. The fourth-order valence-electron chi connectivity index (χ4n) is 2.70. The lowest BCUT2D eigenvalue weighted by Crippen LogP contribution is -2.32. The van der Waals surface area contributed by atoms with Crippen molar-refractivity contribution >= 4 is 16.9 Å². The minimum atomic E-state index is -0.120. The third-order valence-corrected chi connectivity index (χ3v) is 4.32. The van der Waals surface area contributed by atoms with Gasteiger partial charge in [-0.15, -0.1) is 0 Å². The van der Waals surface area contributed by atoms with Crippen molar-refractivity contribution in [1.82, 2.24) is 20.1 Å². The second kappa shape index (κ2) is 6.93. The first kappa shape index (κ1) is 17.0. The van der Waals surface area contributed by atoms with Gasteiger partial charge in [0.15, 0.2) is 5.65 Å². The molecule has 0 bridgehead atoms. The molecule has 0 saturated carbocycles. The smallest absolute Gasteiger partial charge is 0.252 e. The first-order chi connectivity index (χ1) is 12.0. The molecule has 0 aliphatic rings. The SMILES string of the molecule is CCC(C)NC(=O)c1cc(-c2ccccc2OC)nc2c1cnn2C. The van der Waals surface area contributed by atoms with Crippen LogP contribution >= 0.6 is 0 Å². The highest BCUT2D eigenvalue weighted by Crippen LogP contribution is 2.31. The summed E-state index contributed by atoms with van der Waals surface area (Å²) in [7, 11) is 3.44. The molecule has 0 radical (unpaired) electrons. The van der Waals surface area contributed by atoms with E-state index in [0.717, 1.165) is 17.4 Å². The van der Waals surface area contributed by atoms with Gasteiger partial charge in [0, 0.05) is 18.7 Å². The average molecular weight is 338 g/mol. The van der Waals surface area contributed by atoms with E-state index >= 15 is 0 Å². The number of para-hydroxylation sites is 1. The number of fused-ring (bicyclic) bond motifs is 1. The summed E-state index contributed by atoms with van der Waals surface area (Å²) in [5.74, 6) is 0.593. The third-order valence-electron chi connectivity index (χ3n) is 4.32. The lowest BCUT2D eigenvalue weighted by atomic mass is 10.1. The molecule has 3 rings (SSSR count). The van der Waals surface area contributed by atoms with E-state index in [-0.39, 0.29) is 11.9 Å². The Balaban J connectivity index is 2.18. The Morgan fingerprint density at radius 1 is 1.36 bits per heavy atom. The van der Waals surface area contributed by atoms with Crippen LogP contribution in [-0.2, 0) is 7.05 Å². The van der Waals surface area contributed by atoms with Gasteiger partial charge in [-0.2, -0.15) is 5.10 Å². The van der Waals surface area contributed by atoms with Crippen molar-refractivity contribution in [2.45, 2.75) is 26.3 Å². The molecule has 6 heteroatoms. The van der Waals surface area contributed by atoms with Gasteiger partial charge in [-0.1, -0.05) is 19.1 Å². The zero-order valence-electron chi connectivity index (χ0n) is 14.9. The summed E-state index contributed by atoms with van der Waals surface area (Å²) in [4.78, 5) is 17.5. The molecule has 1 amide bonds. The lowest BCUT2D eigenvalue weighted by Gasteiger charge is -2.14. The van der Waals surface area contributed by atoms with Crippen LogP contribution in [0.3, 0.4) is 0 Å². The molecule has 6 nitrogen and oxygen atoms in total. The topological polar surface area (TPSA) is 69.0 Å². The normalized spacial score (nSPS) is 12.2. The molecular formula is C19H22N4O2. The van der Waals surface area contributed by atoms with Crippen LogP contribution in [-0.4, -0.2) is 33.8 Å². The van der Waals surface area contributed by atoms with Crippen LogP contribution in [0.1, 0.15) is 30.6 Å². The van der Waals surface area contributed by atoms with Crippen molar-refractivity contribution in [3.63, 3.8) is 0 Å². The van der Waals surface area contributed by atoms with Gasteiger partial charge in [0.05, 0.1) is 30.0 Å². The van der Waals surface area contributed by atoms with Gasteiger partial charge in [-0.3, -0.25) is 9.48 Å². The van der Waals surface area contributed by atoms with Crippen molar-refractivity contribution in [2.24, 2.45) is 7.05 Å². The number of hydrogen-bond acceptors (Lipinski definition) is 4. The molecule has 0 saturated heterocycles. The number of pyridine rings is 1. The standard InChI is InChI=1S/C19H22N4O2/c1-5-12(2)21-19(24)14-10-16(13-8-6-7-9-17(13)25-4)22-18-15(14)11-20-23(18)3/h6-12H,5H2,1-4H3,(H,21,24). The highest BCUT2D eigenvalue weighted by Gasteiger charge is 2.18. The summed E-state index contributed by atoms with van der Waals surface area (Å²) >= 11 is 0. The Morgan fingerprint density at radius 3 is 2.84 bits per heavy atom. The second-order valence-corrected chi connectivity index (χ2v) is 6.04. The Hall–Kier alpha value is -2.89. The predicted octanol–water partition coefficient (Wildman–Crippen LogP) is 3.17. The van der Waals surface area contributed by atoms with Crippen LogP contribution in [0.5, 0.6) is 5.75 Å². The number of amides is 1. The Labute approximate surface area is 146 Å². The number of aryl methyl sites for hydroxylation is 1. The van der Waals surface area contributed by atoms with Gasteiger partial charge in [-0.25, -0.2) is 4.98 Å². The van der Waals surface area contributed by atoms with E-state index in [1.54, 1.807) is 24.1 Å². The number of nitrogens with zero attached hydrogens (tertiary/aromatic N) is 3. The van der Waals surface area contributed by atoms with Crippen molar-refractivity contribution in [1.29, 1.82) is 0 Å². The first-order valence-corrected chi connectivity index (χ1v) is 8.32. The van der Waals surface area contributed by atoms with Crippen molar-refractivity contribution in [3.05, 3.63) is 42.1 Å². The van der Waals surface area contributed by atoms with Crippen LogP contribution in [0, 0.1) is 0 Å². The summed E-state index contributed by atoms with van der Waals surface area (Å²) in [6, 6.07) is 9.54. The Bertz CT molecular complexity index is 917. The van der Waals surface area contributed by atoms with E-state index in [1.807, 2.05) is 45.2 Å². The number of benzene rings is 1. The fourth-order valence-corrected chi connectivity index (χ4v) is 2.70. The molecule has 1 atom stereocenters. The number of aromatic nitrogens is 3. The van der Waals surface area contributed by atoms with Crippen molar-refractivity contribution in [2.75, 3.05) is 7.11 Å². The molecule has 0 fully saturated rings. The highest BCUT2D eigenvalue weighted by molar-refractivity contribution is 6.06. The van der Waals surface area contributed by atoms with E-state index in [0.29, 0.717) is 22.7 Å². The summed E-state index contributed by atoms with van der Waals surface area (Å²) in [5, 5.41) is 8.02. The molecule has 1 unspecified atom stereocenters. The van der Waals surface area contributed by atoms with E-state index in [1.165, 1.54) is 0 Å². The Kier molecular flexibility index (Phi) is 4.70. The van der Waals surface area contributed by atoms with Gasteiger partial charge < -0.3 is 10.1 Å². The fraction of sp³-hybridized carbons (Fsp3) is 0.316. The number of methoxy groups -OCH3 is 1. The van der Waals surface area contributed by atoms with Crippen LogP contribution in [0.2, 0.25) is 0 Å². The molecule has 25 heavy (non-hydrogen) atoms. The maximum Gasteiger partial charge on any atom is 0.252 e. The van der Waals surface area contributed by atoms with E-state index in [2.05, 4.69) is 10.4 Å². The maximum absolute atomic E-state index is 12.8. The number of hydrogen-bond donors (Lipinski definition) is 1. The minimum absolute atomic E-state index is 0.0992. The van der Waals surface area contributed by atoms with E-state index in [4.69, 9.17) is 9.72 Å². The number of carbonyl (C=O) groups is 1. The number of rotatable bonds is 5. The molecule has 2 aromatic heterocycles. The van der Waals surface area contributed by atoms with E-state index in [9.17, 15) is 4.79 Å². The van der Waals surface area contributed by atoms with Gasteiger partial charge >= 0.3 is 0 Å². The monoisotopic (exact) mass is 338 g/mol. The largest absolute Gasteiger partial charge is 0.496 e. The first-order valence-electron chi connectivity index (χ1n) is 8.32.